The maximum absolute atomic E-state index is 10.5. The molecular weight excluding hydrogens is 238 g/mol. The molecule has 0 saturated carbocycles. The Balaban J connectivity index is 1.54. The van der Waals surface area contributed by atoms with E-state index in [1.807, 2.05) is 24.0 Å². The van der Waals surface area contributed by atoms with Crippen molar-refractivity contribution in [3.63, 3.8) is 0 Å². The lowest BCUT2D eigenvalue weighted by atomic mass is 9.85. The molecule has 3 rings (SSSR count). The molecular formula is C15H25N3O. The molecule has 1 aromatic heterocycles. The first kappa shape index (κ1) is 13.1. The number of nitrogens with zero attached hydrogens (tertiary/aromatic N) is 3. The quantitative estimate of drug-likeness (QED) is 0.897. The highest BCUT2D eigenvalue weighted by atomic mass is 16.3. The molecule has 19 heavy (non-hydrogen) atoms. The minimum absolute atomic E-state index is 0.147. The number of fused-ring (bicyclic) bond motifs is 2. The van der Waals surface area contributed by atoms with Gasteiger partial charge in [0.05, 0.1) is 6.10 Å². The van der Waals surface area contributed by atoms with Crippen LogP contribution in [0.4, 0.5) is 0 Å². The van der Waals surface area contributed by atoms with Gasteiger partial charge in [0, 0.05) is 31.0 Å². The van der Waals surface area contributed by atoms with Crippen LogP contribution in [0.1, 0.15) is 37.8 Å². The van der Waals surface area contributed by atoms with Gasteiger partial charge in [-0.05, 0) is 57.6 Å². The van der Waals surface area contributed by atoms with Crippen LogP contribution < -0.4 is 0 Å². The molecule has 0 amide bonds. The van der Waals surface area contributed by atoms with Gasteiger partial charge in [0.15, 0.2) is 0 Å². The van der Waals surface area contributed by atoms with Gasteiger partial charge in [0.2, 0.25) is 0 Å². The van der Waals surface area contributed by atoms with Crippen molar-refractivity contribution in [1.29, 1.82) is 0 Å². The Kier molecular flexibility index (Phi) is 3.63. The predicted molar refractivity (Wildman–Crippen MR) is 74.8 cm³/mol. The molecule has 2 saturated heterocycles. The van der Waals surface area contributed by atoms with Crippen molar-refractivity contribution in [3.05, 3.63) is 18.0 Å². The van der Waals surface area contributed by atoms with Gasteiger partial charge in [-0.3, -0.25) is 4.68 Å². The van der Waals surface area contributed by atoms with Gasteiger partial charge in [-0.1, -0.05) is 0 Å². The highest BCUT2D eigenvalue weighted by molar-refractivity contribution is 5.01. The molecule has 4 nitrogen and oxygen atoms in total. The fraction of sp³-hybridized carbons (Fsp3) is 0.800. The van der Waals surface area contributed by atoms with E-state index in [-0.39, 0.29) is 6.10 Å². The van der Waals surface area contributed by atoms with Crippen LogP contribution in [0.3, 0.4) is 0 Å². The van der Waals surface area contributed by atoms with E-state index in [0.29, 0.717) is 5.92 Å². The van der Waals surface area contributed by atoms with Crippen LogP contribution in [0.25, 0.3) is 0 Å². The molecule has 2 fully saturated rings. The number of aryl methyl sites for hydroxylation is 2. The summed E-state index contributed by atoms with van der Waals surface area (Å²) in [6, 6.07) is 3.48. The molecule has 1 aromatic rings. The summed E-state index contributed by atoms with van der Waals surface area (Å²) >= 11 is 0. The Bertz CT molecular complexity index is 417. The average molecular weight is 263 g/mol. The van der Waals surface area contributed by atoms with E-state index in [1.54, 1.807) is 0 Å². The van der Waals surface area contributed by atoms with E-state index in [4.69, 9.17) is 0 Å². The Morgan fingerprint density at radius 2 is 2.00 bits per heavy atom. The van der Waals surface area contributed by atoms with Gasteiger partial charge in [-0.15, -0.1) is 0 Å². The smallest absolute Gasteiger partial charge is 0.0573 e. The number of aromatic nitrogens is 2. The average Bonchev–Trinajstić information content (AvgIpc) is 2.87. The van der Waals surface area contributed by atoms with Crippen molar-refractivity contribution >= 4 is 0 Å². The van der Waals surface area contributed by atoms with Gasteiger partial charge in [-0.25, -0.2) is 0 Å². The van der Waals surface area contributed by atoms with Crippen molar-refractivity contribution in [3.8, 4) is 0 Å². The van der Waals surface area contributed by atoms with Crippen LogP contribution in [-0.2, 0) is 13.5 Å². The zero-order valence-electron chi connectivity index (χ0n) is 12.0. The van der Waals surface area contributed by atoms with Crippen molar-refractivity contribution in [2.24, 2.45) is 13.0 Å². The molecule has 0 aromatic carbocycles. The first-order valence-electron chi connectivity index (χ1n) is 7.52. The number of hydrogen-bond acceptors (Lipinski definition) is 3. The van der Waals surface area contributed by atoms with E-state index in [9.17, 15) is 5.11 Å². The molecule has 0 radical (unpaired) electrons. The van der Waals surface area contributed by atoms with Gasteiger partial charge in [0.1, 0.15) is 0 Å². The van der Waals surface area contributed by atoms with Gasteiger partial charge >= 0.3 is 0 Å². The molecule has 3 unspecified atom stereocenters. The van der Waals surface area contributed by atoms with E-state index >= 15 is 0 Å². The summed E-state index contributed by atoms with van der Waals surface area (Å²) in [5.41, 5.74) is 1.22. The first-order valence-corrected chi connectivity index (χ1v) is 7.52. The summed E-state index contributed by atoms with van der Waals surface area (Å²) in [7, 11) is 4.22. The van der Waals surface area contributed by atoms with Gasteiger partial charge in [-0.2, -0.15) is 5.10 Å². The number of hydrogen-bond donors (Lipinski definition) is 1. The molecule has 3 heterocycles. The Hall–Kier alpha value is -0.870. The Morgan fingerprint density at radius 3 is 2.58 bits per heavy atom. The van der Waals surface area contributed by atoms with Crippen LogP contribution in [0, 0.1) is 5.92 Å². The summed E-state index contributed by atoms with van der Waals surface area (Å²) in [6.45, 7) is 0. The minimum Gasteiger partial charge on any atom is -0.393 e. The third-order valence-corrected chi connectivity index (χ3v) is 5.30. The van der Waals surface area contributed by atoms with Crippen LogP contribution in [0.15, 0.2) is 12.3 Å². The summed E-state index contributed by atoms with van der Waals surface area (Å²) < 4.78 is 1.91. The lowest BCUT2D eigenvalue weighted by molar-refractivity contribution is 0.0318. The second-order valence-electron chi connectivity index (χ2n) is 6.33. The van der Waals surface area contributed by atoms with Gasteiger partial charge < -0.3 is 10.0 Å². The van der Waals surface area contributed by atoms with E-state index < -0.39 is 0 Å². The predicted octanol–water partition coefficient (Wildman–Crippen LogP) is 1.59. The molecule has 0 spiro atoms. The van der Waals surface area contributed by atoms with Crippen molar-refractivity contribution in [1.82, 2.24) is 14.7 Å². The topological polar surface area (TPSA) is 41.3 Å². The minimum atomic E-state index is -0.147. The fourth-order valence-electron chi connectivity index (χ4n) is 3.95. The summed E-state index contributed by atoms with van der Waals surface area (Å²) in [6.07, 6.45) is 8.49. The van der Waals surface area contributed by atoms with Crippen LogP contribution in [0.2, 0.25) is 0 Å². The third-order valence-electron chi connectivity index (χ3n) is 5.30. The summed E-state index contributed by atoms with van der Waals surface area (Å²) in [5.74, 6) is 0.502. The second kappa shape index (κ2) is 5.25. The fourth-order valence-corrected chi connectivity index (χ4v) is 3.95. The van der Waals surface area contributed by atoms with Gasteiger partial charge in [0.25, 0.3) is 0 Å². The number of rotatable bonds is 4. The number of aliphatic hydroxyl groups excluding tert-OH is 1. The highest BCUT2D eigenvalue weighted by Crippen LogP contribution is 2.39. The molecule has 106 valence electrons. The van der Waals surface area contributed by atoms with Crippen molar-refractivity contribution in [2.45, 2.75) is 56.7 Å². The monoisotopic (exact) mass is 263 g/mol. The second-order valence-corrected chi connectivity index (χ2v) is 6.33. The molecule has 2 aliphatic heterocycles. The van der Waals surface area contributed by atoms with Crippen LogP contribution in [-0.4, -0.2) is 45.0 Å². The normalized spacial score (nSPS) is 32.7. The third kappa shape index (κ3) is 2.56. The largest absolute Gasteiger partial charge is 0.393 e. The van der Waals surface area contributed by atoms with E-state index in [0.717, 1.165) is 24.9 Å². The summed E-state index contributed by atoms with van der Waals surface area (Å²) in [5, 5.41) is 14.6. The molecule has 0 aliphatic carbocycles. The van der Waals surface area contributed by atoms with Crippen molar-refractivity contribution < 1.29 is 5.11 Å². The molecule has 2 bridgehead atoms. The molecule has 4 heteroatoms. The maximum Gasteiger partial charge on any atom is 0.0573 e. The Morgan fingerprint density at radius 1 is 1.32 bits per heavy atom. The SMILES string of the molecule is CN1C2CCC1CC(C(O)CCc1ccnn1C)C2. The summed E-state index contributed by atoms with van der Waals surface area (Å²) in [4.78, 5) is 2.53. The van der Waals surface area contributed by atoms with Crippen molar-refractivity contribution in [2.75, 3.05) is 7.05 Å². The van der Waals surface area contributed by atoms with E-state index in [1.165, 1.54) is 31.4 Å². The zero-order valence-corrected chi connectivity index (χ0v) is 12.0. The molecule has 1 N–H and O–H groups in total. The zero-order chi connectivity index (χ0) is 13.4. The first-order chi connectivity index (χ1) is 9.15. The lowest BCUT2D eigenvalue weighted by Gasteiger charge is -2.38. The van der Waals surface area contributed by atoms with Crippen LogP contribution in [0.5, 0.6) is 0 Å². The standard InChI is InChI=1S/C15H25N3O/c1-17-13-3-4-14(17)10-11(9-13)15(19)6-5-12-7-8-16-18(12)2/h7-8,11,13-15,19H,3-6,9-10H2,1-2H3. The lowest BCUT2D eigenvalue weighted by Crippen LogP contribution is -2.43. The van der Waals surface area contributed by atoms with Crippen LogP contribution >= 0.6 is 0 Å². The number of aliphatic hydroxyl groups is 1. The molecule has 3 atom stereocenters. The van der Waals surface area contributed by atoms with E-state index in [2.05, 4.69) is 17.0 Å². The molecule has 2 aliphatic rings. The highest BCUT2D eigenvalue weighted by Gasteiger charge is 2.40. The Labute approximate surface area is 115 Å². The maximum atomic E-state index is 10.5. The number of piperidine rings is 1.